The molecule has 3 amide bonds. The van der Waals surface area contributed by atoms with Crippen molar-refractivity contribution in [3.05, 3.63) is 42.5 Å². The number of para-hydroxylation sites is 1. The molecule has 1 fully saturated rings. The maximum absolute atomic E-state index is 13.4. The summed E-state index contributed by atoms with van der Waals surface area (Å²) in [5, 5.41) is 1.92. The largest absolute Gasteiger partial charge is 0.497 e. The maximum atomic E-state index is 13.4. The molecule has 2 heterocycles. The predicted molar refractivity (Wildman–Crippen MR) is 127 cm³/mol. The van der Waals surface area contributed by atoms with Gasteiger partial charge in [0, 0.05) is 41.9 Å². The van der Waals surface area contributed by atoms with Crippen LogP contribution in [0.3, 0.4) is 0 Å². The van der Waals surface area contributed by atoms with Crippen LogP contribution in [0.25, 0.3) is 0 Å². The van der Waals surface area contributed by atoms with Gasteiger partial charge in [-0.3, -0.25) is 14.4 Å². The smallest absolute Gasteiger partial charge is 0.250 e. The Hall–Kier alpha value is -3.20. The van der Waals surface area contributed by atoms with Gasteiger partial charge in [0.05, 0.1) is 19.9 Å². The molecule has 0 aliphatic carbocycles. The lowest BCUT2D eigenvalue weighted by Gasteiger charge is -2.36. The molecular weight excluding hydrogens is 442 g/mol. The van der Waals surface area contributed by atoms with E-state index in [1.54, 1.807) is 29.2 Å². The van der Waals surface area contributed by atoms with Crippen LogP contribution in [0, 0.1) is 0 Å². The fourth-order valence-corrected chi connectivity index (χ4v) is 5.23. The minimum Gasteiger partial charge on any atom is -0.497 e. The third-order valence-corrected chi connectivity index (χ3v) is 6.96. The Bertz CT molecular complexity index is 1030. The topological polar surface area (TPSA) is 88.2 Å². The number of nitrogens with one attached hydrogen (secondary N) is 1. The quantitative estimate of drug-likeness (QED) is 0.654. The van der Waals surface area contributed by atoms with Gasteiger partial charge in [0.15, 0.2) is 5.25 Å². The number of carbonyl (C=O) groups is 3. The first-order valence-electron chi connectivity index (χ1n) is 10.9. The predicted octanol–water partition coefficient (Wildman–Crippen LogP) is 3.16. The highest BCUT2D eigenvalue weighted by Gasteiger charge is 2.41. The first-order chi connectivity index (χ1) is 16.0. The number of methoxy groups -OCH3 is 2. The Morgan fingerprint density at radius 2 is 1.70 bits per heavy atom. The van der Waals surface area contributed by atoms with E-state index >= 15 is 0 Å². The van der Waals surface area contributed by atoms with Crippen LogP contribution in [-0.2, 0) is 14.4 Å². The Labute approximate surface area is 197 Å². The second-order valence-corrected chi connectivity index (χ2v) is 9.07. The van der Waals surface area contributed by atoms with E-state index in [4.69, 9.17) is 9.47 Å². The molecule has 2 aromatic carbocycles. The molecule has 0 bridgehead atoms. The van der Waals surface area contributed by atoms with E-state index in [-0.39, 0.29) is 24.3 Å². The molecule has 9 heteroatoms. The van der Waals surface area contributed by atoms with E-state index in [0.29, 0.717) is 36.0 Å². The first kappa shape index (κ1) is 23.0. The molecule has 2 aliphatic rings. The molecule has 1 atom stereocenters. The number of thioether (sulfide) groups is 1. The van der Waals surface area contributed by atoms with Gasteiger partial charge in [0.25, 0.3) is 5.91 Å². The van der Waals surface area contributed by atoms with Crippen LogP contribution in [0.4, 0.5) is 11.4 Å². The summed E-state index contributed by atoms with van der Waals surface area (Å²) in [6, 6.07) is 12.4. The highest BCUT2D eigenvalue weighted by Crippen LogP contribution is 2.40. The fraction of sp³-hybridized carbons (Fsp3) is 0.375. The van der Waals surface area contributed by atoms with E-state index in [9.17, 15) is 14.4 Å². The molecule has 2 aliphatic heterocycles. The number of benzene rings is 2. The summed E-state index contributed by atoms with van der Waals surface area (Å²) < 4.78 is 10.5. The number of amides is 3. The molecule has 0 spiro atoms. The minimum atomic E-state index is -0.886. The van der Waals surface area contributed by atoms with Crippen molar-refractivity contribution in [2.75, 3.05) is 44.1 Å². The SMILES string of the molecule is COc1cc(NC(=O)CN2C(=O)[C@@H](C(=O)N3CCCCC3)Sc3ccccc32)cc(OC)c1. The van der Waals surface area contributed by atoms with E-state index in [1.807, 2.05) is 18.2 Å². The highest BCUT2D eigenvalue weighted by atomic mass is 32.2. The van der Waals surface area contributed by atoms with Crippen molar-refractivity contribution in [1.82, 2.24) is 4.90 Å². The third kappa shape index (κ3) is 5.08. The van der Waals surface area contributed by atoms with Gasteiger partial charge < -0.3 is 24.6 Å². The molecule has 0 saturated carbocycles. The number of piperidine rings is 1. The van der Waals surface area contributed by atoms with E-state index in [0.717, 1.165) is 24.2 Å². The zero-order chi connectivity index (χ0) is 23.4. The van der Waals surface area contributed by atoms with Crippen molar-refractivity contribution >= 4 is 40.9 Å². The van der Waals surface area contributed by atoms with Gasteiger partial charge in [-0.2, -0.15) is 0 Å². The van der Waals surface area contributed by atoms with Crippen molar-refractivity contribution in [3.8, 4) is 11.5 Å². The summed E-state index contributed by atoms with van der Waals surface area (Å²) in [5.74, 6) is 0.139. The zero-order valence-corrected chi connectivity index (χ0v) is 19.5. The monoisotopic (exact) mass is 469 g/mol. The number of fused-ring (bicyclic) bond motifs is 1. The molecule has 33 heavy (non-hydrogen) atoms. The molecule has 0 aromatic heterocycles. The van der Waals surface area contributed by atoms with Crippen molar-refractivity contribution in [2.24, 2.45) is 0 Å². The molecular formula is C24H27N3O5S. The molecule has 0 unspecified atom stereocenters. The van der Waals surface area contributed by atoms with Gasteiger partial charge in [-0.15, -0.1) is 11.8 Å². The molecule has 1 saturated heterocycles. The molecule has 0 radical (unpaired) electrons. The van der Waals surface area contributed by atoms with Crippen LogP contribution < -0.4 is 19.7 Å². The second kappa shape index (κ2) is 10.2. The van der Waals surface area contributed by atoms with Crippen LogP contribution >= 0.6 is 11.8 Å². The Morgan fingerprint density at radius 3 is 2.36 bits per heavy atom. The summed E-state index contributed by atoms with van der Waals surface area (Å²) in [6.07, 6.45) is 2.99. The molecule has 4 rings (SSSR count). The summed E-state index contributed by atoms with van der Waals surface area (Å²) in [6.45, 7) is 1.13. The average Bonchev–Trinajstić information content (AvgIpc) is 2.85. The van der Waals surface area contributed by atoms with Crippen molar-refractivity contribution < 1.29 is 23.9 Å². The maximum Gasteiger partial charge on any atom is 0.250 e. The number of ether oxygens (including phenoxy) is 2. The number of likely N-dealkylation sites (tertiary alicyclic amines) is 1. The third-order valence-electron chi connectivity index (χ3n) is 5.72. The van der Waals surface area contributed by atoms with Gasteiger partial charge in [0.1, 0.15) is 18.0 Å². The minimum absolute atomic E-state index is 0.179. The number of hydrogen-bond donors (Lipinski definition) is 1. The number of hydrogen-bond acceptors (Lipinski definition) is 6. The van der Waals surface area contributed by atoms with Gasteiger partial charge in [-0.1, -0.05) is 12.1 Å². The fourth-order valence-electron chi connectivity index (χ4n) is 4.04. The normalized spacial score (nSPS) is 17.9. The first-order valence-corrected chi connectivity index (χ1v) is 11.8. The Kier molecular flexibility index (Phi) is 7.08. The van der Waals surface area contributed by atoms with Crippen molar-refractivity contribution in [1.29, 1.82) is 0 Å². The summed E-state index contributed by atoms with van der Waals surface area (Å²) in [4.78, 5) is 43.5. The number of nitrogens with zero attached hydrogens (tertiary/aromatic N) is 2. The summed E-state index contributed by atoms with van der Waals surface area (Å²) in [7, 11) is 3.06. The van der Waals surface area contributed by atoms with Crippen molar-refractivity contribution in [2.45, 2.75) is 29.4 Å². The molecule has 174 valence electrons. The number of rotatable bonds is 6. The standard InChI is InChI=1S/C24H27N3O5S/c1-31-17-12-16(13-18(14-17)32-2)25-21(28)15-27-19-8-4-5-9-20(19)33-22(24(27)30)23(29)26-10-6-3-7-11-26/h4-5,8-9,12-14,22H,3,6-7,10-11,15H2,1-2H3,(H,25,28)/t22-/m1/s1. The van der Waals surface area contributed by atoms with Gasteiger partial charge >= 0.3 is 0 Å². The molecule has 2 aromatic rings. The van der Waals surface area contributed by atoms with Crippen LogP contribution in [-0.4, -0.2) is 61.7 Å². The molecule has 1 N–H and O–H groups in total. The van der Waals surface area contributed by atoms with Gasteiger partial charge in [-0.25, -0.2) is 0 Å². The Balaban J connectivity index is 1.54. The summed E-state index contributed by atoms with van der Waals surface area (Å²) in [5.41, 5.74) is 1.12. The Morgan fingerprint density at radius 1 is 1.03 bits per heavy atom. The lowest BCUT2D eigenvalue weighted by atomic mass is 10.1. The number of anilines is 2. The highest BCUT2D eigenvalue weighted by molar-refractivity contribution is 8.01. The lowest BCUT2D eigenvalue weighted by molar-refractivity contribution is -0.135. The van der Waals surface area contributed by atoms with E-state index < -0.39 is 5.25 Å². The molecule has 8 nitrogen and oxygen atoms in total. The zero-order valence-electron chi connectivity index (χ0n) is 18.7. The van der Waals surface area contributed by atoms with E-state index in [2.05, 4.69) is 5.32 Å². The van der Waals surface area contributed by atoms with Crippen LogP contribution in [0.2, 0.25) is 0 Å². The van der Waals surface area contributed by atoms with Crippen LogP contribution in [0.5, 0.6) is 11.5 Å². The van der Waals surface area contributed by atoms with Crippen molar-refractivity contribution in [3.63, 3.8) is 0 Å². The average molecular weight is 470 g/mol. The van der Waals surface area contributed by atoms with Gasteiger partial charge in [0.2, 0.25) is 11.8 Å². The number of carbonyl (C=O) groups excluding carboxylic acids is 3. The van der Waals surface area contributed by atoms with E-state index in [1.165, 1.54) is 30.9 Å². The second-order valence-electron chi connectivity index (χ2n) is 7.93. The van der Waals surface area contributed by atoms with Crippen LogP contribution in [0.15, 0.2) is 47.4 Å². The summed E-state index contributed by atoms with van der Waals surface area (Å²) >= 11 is 1.26. The van der Waals surface area contributed by atoms with Gasteiger partial charge in [-0.05, 0) is 31.4 Å². The lowest BCUT2D eigenvalue weighted by Crippen LogP contribution is -2.52. The van der Waals surface area contributed by atoms with Crippen LogP contribution in [0.1, 0.15) is 19.3 Å².